The van der Waals surface area contributed by atoms with E-state index < -0.39 is 6.04 Å². The van der Waals surface area contributed by atoms with Crippen molar-refractivity contribution in [3.05, 3.63) is 29.3 Å². The van der Waals surface area contributed by atoms with Gasteiger partial charge in [-0.15, -0.1) is 0 Å². The first-order valence-electron chi connectivity index (χ1n) is 12.7. The number of nitrogens with zero attached hydrogens (tertiary/aromatic N) is 2. The number of ether oxygens (including phenoxy) is 2. The fourth-order valence-electron chi connectivity index (χ4n) is 6.81. The number of carbonyl (C=O) groups is 3. The summed E-state index contributed by atoms with van der Waals surface area (Å²) in [7, 11) is 1.81. The Balaban J connectivity index is 1.11. The number of hydrogen-bond donors (Lipinski definition) is 1. The number of likely N-dealkylation sites (tertiary alicyclic amines) is 1. The molecule has 2 saturated heterocycles. The van der Waals surface area contributed by atoms with Crippen molar-refractivity contribution < 1.29 is 23.9 Å². The molecule has 4 fully saturated rings. The second-order valence-electron chi connectivity index (χ2n) is 10.9. The molecule has 182 valence electrons. The van der Waals surface area contributed by atoms with Gasteiger partial charge in [-0.3, -0.25) is 24.6 Å². The molecule has 8 heteroatoms. The number of methoxy groups -OCH3 is 1. The van der Waals surface area contributed by atoms with E-state index in [1.807, 2.05) is 25.3 Å². The van der Waals surface area contributed by atoms with Crippen molar-refractivity contribution in [2.24, 2.45) is 5.41 Å². The van der Waals surface area contributed by atoms with Crippen LogP contribution in [-0.2, 0) is 20.9 Å². The van der Waals surface area contributed by atoms with Crippen LogP contribution >= 0.6 is 0 Å². The van der Waals surface area contributed by atoms with E-state index in [9.17, 15) is 14.4 Å². The van der Waals surface area contributed by atoms with Crippen molar-refractivity contribution in [1.29, 1.82) is 0 Å². The van der Waals surface area contributed by atoms with Crippen LogP contribution in [0.2, 0.25) is 0 Å². The first kappa shape index (κ1) is 22.0. The van der Waals surface area contributed by atoms with E-state index in [0.717, 1.165) is 30.8 Å². The van der Waals surface area contributed by atoms with Gasteiger partial charge in [-0.1, -0.05) is 6.42 Å². The van der Waals surface area contributed by atoms with Crippen molar-refractivity contribution in [1.82, 2.24) is 15.1 Å². The van der Waals surface area contributed by atoms with Crippen LogP contribution in [0.1, 0.15) is 67.3 Å². The maximum Gasteiger partial charge on any atom is 0.255 e. The molecule has 0 radical (unpaired) electrons. The third-order valence-electron chi connectivity index (χ3n) is 8.65. The molecule has 1 N–H and O–H groups in total. The fourth-order valence-corrected chi connectivity index (χ4v) is 6.81. The van der Waals surface area contributed by atoms with Crippen LogP contribution in [0.15, 0.2) is 18.2 Å². The van der Waals surface area contributed by atoms with E-state index in [4.69, 9.17) is 9.47 Å². The van der Waals surface area contributed by atoms with Gasteiger partial charge in [0, 0.05) is 50.2 Å². The molecule has 0 aromatic heterocycles. The van der Waals surface area contributed by atoms with Crippen LogP contribution < -0.4 is 10.1 Å². The lowest BCUT2D eigenvalue weighted by molar-refractivity contribution is -0.165. The Labute approximate surface area is 199 Å². The Kier molecular flexibility index (Phi) is 5.41. The third-order valence-corrected chi connectivity index (χ3v) is 8.65. The maximum absolute atomic E-state index is 13.0. The molecular weight excluding hydrogens is 434 g/mol. The number of amides is 3. The van der Waals surface area contributed by atoms with Gasteiger partial charge in [0.1, 0.15) is 17.9 Å². The van der Waals surface area contributed by atoms with E-state index in [1.165, 1.54) is 32.1 Å². The molecule has 6 rings (SSSR count). The number of fused-ring (bicyclic) bond motifs is 1. The van der Waals surface area contributed by atoms with E-state index in [0.29, 0.717) is 36.1 Å². The monoisotopic (exact) mass is 467 g/mol. The molecule has 34 heavy (non-hydrogen) atoms. The lowest BCUT2D eigenvalue weighted by Gasteiger charge is -2.61. The Hall–Kier alpha value is -2.45. The molecule has 8 nitrogen and oxygen atoms in total. The van der Waals surface area contributed by atoms with Crippen LogP contribution in [0, 0.1) is 5.41 Å². The lowest BCUT2D eigenvalue weighted by Crippen LogP contribution is -2.68. The van der Waals surface area contributed by atoms with E-state index >= 15 is 0 Å². The summed E-state index contributed by atoms with van der Waals surface area (Å²) in [6.45, 7) is 2.68. The number of benzene rings is 1. The Morgan fingerprint density at radius 1 is 1.06 bits per heavy atom. The summed E-state index contributed by atoms with van der Waals surface area (Å²) in [6.07, 6.45) is 8.24. The van der Waals surface area contributed by atoms with Gasteiger partial charge in [-0.2, -0.15) is 0 Å². The minimum absolute atomic E-state index is 0.146. The Morgan fingerprint density at radius 2 is 1.85 bits per heavy atom. The summed E-state index contributed by atoms with van der Waals surface area (Å²) in [4.78, 5) is 40.9. The van der Waals surface area contributed by atoms with Gasteiger partial charge in [0.05, 0.1) is 6.10 Å². The van der Waals surface area contributed by atoms with Gasteiger partial charge < -0.3 is 14.4 Å². The summed E-state index contributed by atoms with van der Waals surface area (Å²) in [5.41, 5.74) is 1.98. The molecule has 3 amide bonds. The van der Waals surface area contributed by atoms with Crippen LogP contribution in [0.5, 0.6) is 5.75 Å². The van der Waals surface area contributed by atoms with Crippen LogP contribution in [0.4, 0.5) is 0 Å². The molecule has 3 unspecified atom stereocenters. The zero-order chi connectivity index (χ0) is 23.4. The van der Waals surface area contributed by atoms with Crippen LogP contribution in [0.3, 0.4) is 0 Å². The third kappa shape index (κ3) is 3.71. The standard InChI is InChI=1S/C26H33N3O5/c1-33-18-11-26(12-18)14-28(15-26)20-4-2-3-5-22(20)34-17-6-7-19-16(10-17)13-29(25(19)32)21-8-9-23(30)27-24(21)31/h6-7,10,18,20-22H,2-5,8-9,11-15H2,1H3,(H,27,30,31). The highest BCUT2D eigenvalue weighted by molar-refractivity contribution is 6.05. The number of carbonyl (C=O) groups excluding carboxylic acids is 3. The first-order valence-corrected chi connectivity index (χ1v) is 12.7. The van der Waals surface area contributed by atoms with Crippen molar-refractivity contribution in [2.75, 3.05) is 20.2 Å². The summed E-state index contributed by atoms with van der Waals surface area (Å²) in [5, 5.41) is 2.36. The smallest absolute Gasteiger partial charge is 0.255 e. The SMILES string of the molecule is COC1CC2(C1)CN(C1CCCCC1Oc1ccc3c(c1)CN(C1CCC(=O)NC1=O)C3=O)C2. The van der Waals surface area contributed by atoms with Gasteiger partial charge in [0.25, 0.3) is 5.91 Å². The summed E-state index contributed by atoms with van der Waals surface area (Å²) >= 11 is 0. The Morgan fingerprint density at radius 3 is 2.62 bits per heavy atom. The van der Waals surface area contributed by atoms with Gasteiger partial charge in [-0.25, -0.2) is 0 Å². The molecule has 3 heterocycles. The highest BCUT2D eigenvalue weighted by Gasteiger charge is 2.55. The predicted molar refractivity (Wildman–Crippen MR) is 123 cm³/mol. The van der Waals surface area contributed by atoms with Gasteiger partial charge in [-0.05, 0) is 62.3 Å². The van der Waals surface area contributed by atoms with Crippen molar-refractivity contribution in [3.63, 3.8) is 0 Å². The quantitative estimate of drug-likeness (QED) is 0.669. The van der Waals surface area contributed by atoms with Crippen LogP contribution in [-0.4, -0.2) is 72.0 Å². The highest BCUT2D eigenvalue weighted by Crippen LogP contribution is 2.51. The molecule has 2 saturated carbocycles. The molecule has 1 spiro atoms. The molecule has 1 aromatic rings. The Bertz CT molecular complexity index is 1010. The molecule has 3 aliphatic heterocycles. The normalized spacial score (nSPS) is 31.1. The second-order valence-corrected chi connectivity index (χ2v) is 10.9. The molecule has 2 aliphatic carbocycles. The number of rotatable bonds is 5. The number of hydrogen-bond acceptors (Lipinski definition) is 6. The number of imide groups is 1. The summed E-state index contributed by atoms with van der Waals surface area (Å²) in [5.74, 6) is 0.000778. The van der Waals surface area contributed by atoms with E-state index in [2.05, 4.69) is 10.2 Å². The van der Waals surface area contributed by atoms with Gasteiger partial charge >= 0.3 is 0 Å². The highest BCUT2D eigenvalue weighted by atomic mass is 16.5. The zero-order valence-electron chi connectivity index (χ0n) is 19.8. The van der Waals surface area contributed by atoms with Gasteiger partial charge in [0.2, 0.25) is 11.8 Å². The molecule has 0 bridgehead atoms. The lowest BCUT2D eigenvalue weighted by atomic mass is 9.61. The van der Waals surface area contributed by atoms with Crippen molar-refractivity contribution in [2.45, 2.75) is 82.2 Å². The van der Waals surface area contributed by atoms with Crippen molar-refractivity contribution >= 4 is 17.7 Å². The molecular formula is C26H33N3O5. The molecule has 5 aliphatic rings. The second kappa shape index (κ2) is 8.34. The predicted octanol–water partition coefficient (Wildman–Crippen LogP) is 2.25. The molecule has 3 atom stereocenters. The minimum atomic E-state index is -0.590. The average molecular weight is 468 g/mol. The van der Waals surface area contributed by atoms with Crippen molar-refractivity contribution in [3.8, 4) is 5.75 Å². The number of nitrogens with one attached hydrogen (secondary N) is 1. The topological polar surface area (TPSA) is 88.2 Å². The fraction of sp³-hybridized carbons (Fsp3) is 0.654. The summed E-state index contributed by atoms with van der Waals surface area (Å²) < 4.78 is 12.0. The maximum atomic E-state index is 13.0. The summed E-state index contributed by atoms with van der Waals surface area (Å²) in [6, 6.07) is 5.54. The van der Waals surface area contributed by atoms with E-state index in [-0.39, 0.29) is 30.2 Å². The average Bonchev–Trinajstić information content (AvgIpc) is 3.08. The van der Waals surface area contributed by atoms with E-state index in [1.54, 1.807) is 4.90 Å². The minimum Gasteiger partial charge on any atom is -0.489 e. The largest absolute Gasteiger partial charge is 0.489 e. The van der Waals surface area contributed by atoms with Gasteiger partial charge in [0.15, 0.2) is 0 Å². The molecule has 1 aromatic carbocycles. The number of piperidine rings is 1. The zero-order valence-corrected chi connectivity index (χ0v) is 19.8. The van der Waals surface area contributed by atoms with Crippen LogP contribution in [0.25, 0.3) is 0 Å². The first-order chi connectivity index (χ1) is 16.4.